The van der Waals surface area contributed by atoms with E-state index < -0.39 is 0 Å². The molecule has 60 valence electrons. The minimum Gasteiger partial charge on any atom is -0.342 e. The van der Waals surface area contributed by atoms with Crippen molar-refractivity contribution in [2.75, 3.05) is 0 Å². The third kappa shape index (κ3) is 9.35. The summed E-state index contributed by atoms with van der Waals surface area (Å²) in [6.45, 7) is 1.90. The number of hydrogen-bond acceptors (Lipinski definition) is 2. The van der Waals surface area contributed by atoms with Crippen LogP contribution in [0.2, 0.25) is 0 Å². The van der Waals surface area contributed by atoms with Crippen LogP contribution in [0.1, 0.15) is 6.92 Å². The van der Waals surface area contributed by atoms with Crippen LogP contribution >= 0.6 is 22.6 Å². The molecule has 0 amide bonds. The van der Waals surface area contributed by atoms with Crippen LogP contribution in [0.5, 0.6) is 0 Å². The van der Waals surface area contributed by atoms with Crippen molar-refractivity contribution in [3.8, 4) is 0 Å². The third-order valence-electron chi connectivity index (χ3n) is 0.714. The standard InChI is InChI=1S/C7H10IN3/c1-2-4-10-5-3-6-11-7(8)9/h2-6H,1H3,(H2,9,11)/b4-2-,6-3?,10-5?. The van der Waals surface area contributed by atoms with Crippen LogP contribution in [0.25, 0.3) is 0 Å². The summed E-state index contributed by atoms with van der Waals surface area (Å²) in [4.78, 5) is 3.88. The van der Waals surface area contributed by atoms with Crippen LogP contribution in [0.3, 0.4) is 0 Å². The highest BCUT2D eigenvalue weighted by molar-refractivity contribution is 14.1. The van der Waals surface area contributed by atoms with Crippen molar-refractivity contribution in [3.63, 3.8) is 0 Å². The zero-order chi connectivity index (χ0) is 8.53. The molecular weight excluding hydrogens is 253 g/mol. The molecule has 4 heteroatoms. The summed E-state index contributed by atoms with van der Waals surface area (Å²) >= 11 is 1.87. The first kappa shape index (κ1) is 10.3. The summed E-state index contributed by atoms with van der Waals surface area (Å²) in [6, 6.07) is 0. The van der Waals surface area contributed by atoms with Crippen LogP contribution in [0.4, 0.5) is 0 Å². The molecule has 0 aromatic carbocycles. The van der Waals surface area contributed by atoms with Gasteiger partial charge < -0.3 is 5.32 Å². The maximum atomic E-state index is 6.98. The van der Waals surface area contributed by atoms with Gasteiger partial charge in [-0.1, -0.05) is 6.08 Å². The van der Waals surface area contributed by atoms with Crippen molar-refractivity contribution in [1.82, 2.24) is 5.32 Å². The Kier molecular flexibility index (Phi) is 7.02. The lowest BCUT2D eigenvalue weighted by Crippen LogP contribution is -2.06. The van der Waals surface area contributed by atoms with E-state index in [1.807, 2.05) is 35.6 Å². The molecule has 0 saturated heterocycles. The summed E-state index contributed by atoms with van der Waals surface area (Å²) in [5.74, 6) is 0. The van der Waals surface area contributed by atoms with Crippen molar-refractivity contribution >= 4 is 32.6 Å². The van der Waals surface area contributed by atoms with Crippen molar-refractivity contribution in [2.24, 2.45) is 4.99 Å². The largest absolute Gasteiger partial charge is 0.342 e. The van der Waals surface area contributed by atoms with Gasteiger partial charge in [-0.3, -0.25) is 10.4 Å². The maximum Gasteiger partial charge on any atom is 0.161 e. The lowest BCUT2D eigenvalue weighted by atomic mass is 10.6. The Morgan fingerprint density at radius 1 is 1.64 bits per heavy atom. The Balaban J connectivity index is 3.51. The van der Waals surface area contributed by atoms with Crippen molar-refractivity contribution < 1.29 is 0 Å². The highest BCUT2D eigenvalue weighted by Crippen LogP contribution is 1.79. The van der Waals surface area contributed by atoms with Crippen molar-refractivity contribution in [1.29, 1.82) is 5.41 Å². The van der Waals surface area contributed by atoms with Crippen LogP contribution < -0.4 is 5.32 Å². The fourth-order valence-corrected chi connectivity index (χ4v) is 0.530. The molecule has 0 radical (unpaired) electrons. The van der Waals surface area contributed by atoms with Crippen LogP contribution in [-0.4, -0.2) is 10.1 Å². The number of nitrogens with zero attached hydrogens (tertiary/aromatic N) is 1. The quantitative estimate of drug-likeness (QED) is 0.348. The number of rotatable bonds is 3. The third-order valence-corrected chi connectivity index (χ3v) is 1.02. The Morgan fingerprint density at radius 3 is 2.91 bits per heavy atom. The number of hydrogen-bond donors (Lipinski definition) is 2. The van der Waals surface area contributed by atoms with E-state index in [0.717, 1.165) is 0 Å². The van der Waals surface area contributed by atoms with Gasteiger partial charge in [0.05, 0.1) is 0 Å². The second-order valence-corrected chi connectivity index (χ2v) is 2.68. The number of aliphatic imine (C=N–C) groups is 1. The molecule has 2 N–H and O–H groups in total. The van der Waals surface area contributed by atoms with Gasteiger partial charge in [0.2, 0.25) is 0 Å². The molecule has 0 unspecified atom stereocenters. The van der Waals surface area contributed by atoms with Crippen molar-refractivity contribution in [3.05, 3.63) is 24.6 Å². The Morgan fingerprint density at radius 2 is 2.36 bits per heavy atom. The van der Waals surface area contributed by atoms with Gasteiger partial charge in [-0.15, -0.1) is 0 Å². The lowest BCUT2D eigenvalue weighted by Gasteiger charge is -1.88. The highest BCUT2D eigenvalue weighted by Gasteiger charge is 1.75. The van der Waals surface area contributed by atoms with E-state index in [1.54, 1.807) is 24.7 Å². The second kappa shape index (κ2) is 7.46. The Labute approximate surface area is 79.9 Å². The first-order chi connectivity index (χ1) is 5.27. The van der Waals surface area contributed by atoms with E-state index in [0.29, 0.717) is 3.84 Å². The zero-order valence-corrected chi connectivity index (χ0v) is 8.37. The predicted octanol–water partition coefficient (Wildman–Crippen LogP) is 2.06. The molecule has 0 fully saturated rings. The summed E-state index contributed by atoms with van der Waals surface area (Å²) in [5, 5.41) is 9.67. The maximum absolute atomic E-state index is 6.98. The minimum absolute atomic E-state index is 0.387. The molecule has 0 atom stereocenters. The molecule has 0 saturated carbocycles. The van der Waals surface area contributed by atoms with E-state index in [1.165, 1.54) is 0 Å². The van der Waals surface area contributed by atoms with Crippen LogP contribution in [-0.2, 0) is 0 Å². The molecule has 0 aromatic heterocycles. The Bertz CT molecular complexity index is 194. The fraction of sp³-hybridized carbons (Fsp3) is 0.143. The molecule has 0 spiro atoms. The van der Waals surface area contributed by atoms with Gasteiger partial charge in [0.1, 0.15) is 0 Å². The van der Waals surface area contributed by atoms with Crippen LogP contribution in [0.15, 0.2) is 29.5 Å². The normalized spacial score (nSPS) is 11.8. The van der Waals surface area contributed by atoms with Crippen LogP contribution in [0, 0.1) is 5.41 Å². The fourth-order valence-electron chi connectivity index (χ4n) is 0.350. The zero-order valence-electron chi connectivity index (χ0n) is 6.21. The number of nitrogens with one attached hydrogen (secondary N) is 2. The first-order valence-corrected chi connectivity index (χ1v) is 4.15. The number of halogens is 1. The predicted molar refractivity (Wildman–Crippen MR) is 57.3 cm³/mol. The molecule has 11 heavy (non-hydrogen) atoms. The van der Waals surface area contributed by atoms with Gasteiger partial charge in [-0.25, -0.2) is 0 Å². The molecule has 0 aliphatic heterocycles. The molecular formula is C7H10IN3. The monoisotopic (exact) mass is 263 g/mol. The van der Waals surface area contributed by atoms with Gasteiger partial charge in [0.25, 0.3) is 0 Å². The van der Waals surface area contributed by atoms with Gasteiger partial charge in [0, 0.05) is 18.6 Å². The van der Waals surface area contributed by atoms with Gasteiger partial charge in [-0.2, -0.15) is 0 Å². The molecule has 0 rings (SSSR count). The van der Waals surface area contributed by atoms with E-state index in [4.69, 9.17) is 5.41 Å². The van der Waals surface area contributed by atoms with E-state index in [2.05, 4.69) is 10.3 Å². The van der Waals surface area contributed by atoms with Gasteiger partial charge in [0.15, 0.2) is 3.84 Å². The summed E-state index contributed by atoms with van der Waals surface area (Å²) in [7, 11) is 0. The summed E-state index contributed by atoms with van der Waals surface area (Å²) < 4.78 is 0.387. The summed E-state index contributed by atoms with van der Waals surface area (Å²) in [6.07, 6.45) is 8.57. The highest BCUT2D eigenvalue weighted by atomic mass is 127. The second-order valence-electron chi connectivity index (χ2n) is 1.60. The average Bonchev–Trinajstić information content (AvgIpc) is 1.96. The SMILES string of the molecule is C/C=C\N=CC=CNC(=N)I. The van der Waals surface area contributed by atoms with E-state index in [-0.39, 0.29) is 0 Å². The topological polar surface area (TPSA) is 48.2 Å². The average molecular weight is 263 g/mol. The number of allylic oxidation sites excluding steroid dienone is 2. The lowest BCUT2D eigenvalue weighted by molar-refractivity contribution is 1.28. The minimum atomic E-state index is 0.387. The van der Waals surface area contributed by atoms with Gasteiger partial charge >= 0.3 is 0 Å². The molecule has 0 bridgehead atoms. The van der Waals surface area contributed by atoms with E-state index >= 15 is 0 Å². The molecule has 0 aliphatic rings. The number of amidine groups is 1. The van der Waals surface area contributed by atoms with E-state index in [9.17, 15) is 0 Å². The molecule has 0 heterocycles. The molecule has 0 aliphatic carbocycles. The first-order valence-electron chi connectivity index (χ1n) is 3.07. The van der Waals surface area contributed by atoms with Gasteiger partial charge in [-0.05, 0) is 35.6 Å². The molecule has 3 nitrogen and oxygen atoms in total. The smallest absolute Gasteiger partial charge is 0.161 e. The molecule has 0 aromatic rings. The summed E-state index contributed by atoms with van der Waals surface area (Å²) in [5.41, 5.74) is 0. The van der Waals surface area contributed by atoms with Crippen molar-refractivity contribution in [2.45, 2.75) is 6.92 Å². The Hall–Kier alpha value is -0.650.